The minimum absolute atomic E-state index is 0.0742. The van der Waals surface area contributed by atoms with Crippen molar-refractivity contribution in [2.24, 2.45) is 0 Å². The summed E-state index contributed by atoms with van der Waals surface area (Å²) in [7, 11) is 2.64. The molecule has 12 heteroatoms. The summed E-state index contributed by atoms with van der Waals surface area (Å²) < 4.78 is 28.8. The van der Waals surface area contributed by atoms with Gasteiger partial charge in [-0.2, -0.15) is 4.68 Å². The third-order valence-electron chi connectivity index (χ3n) is 3.78. The van der Waals surface area contributed by atoms with E-state index in [1.807, 2.05) is 0 Å². The number of ether oxygens (including phenoxy) is 2. The lowest BCUT2D eigenvalue weighted by atomic mass is 10.2. The number of aromatic nitrogens is 2. The van der Waals surface area contributed by atoms with Gasteiger partial charge in [-0.05, 0) is 30.3 Å². The zero-order chi connectivity index (χ0) is 21.8. The van der Waals surface area contributed by atoms with Gasteiger partial charge < -0.3 is 19.2 Å². The van der Waals surface area contributed by atoms with Gasteiger partial charge in [0.15, 0.2) is 0 Å². The summed E-state index contributed by atoms with van der Waals surface area (Å²) >= 11 is 5.81. The van der Waals surface area contributed by atoms with Crippen molar-refractivity contribution in [3.8, 4) is 17.5 Å². The Morgan fingerprint density at radius 2 is 1.93 bits per heavy atom. The van der Waals surface area contributed by atoms with E-state index in [0.29, 0.717) is 0 Å². The van der Waals surface area contributed by atoms with Gasteiger partial charge in [0.05, 0.1) is 36.2 Å². The largest absolute Gasteiger partial charge is 0.494 e. The van der Waals surface area contributed by atoms with E-state index in [1.165, 1.54) is 32.4 Å². The molecular formula is C18H14ClFN4O6. The number of hydrogen-bond donors (Lipinski definition) is 2. The van der Waals surface area contributed by atoms with Crippen LogP contribution in [0.25, 0.3) is 5.69 Å². The molecule has 2 aromatic carbocycles. The van der Waals surface area contributed by atoms with E-state index in [2.05, 4.69) is 15.7 Å². The Labute approximate surface area is 173 Å². The molecule has 1 heterocycles. The Morgan fingerprint density at radius 1 is 1.17 bits per heavy atom. The highest BCUT2D eigenvalue weighted by molar-refractivity contribution is 6.34. The van der Waals surface area contributed by atoms with E-state index in [1.54, 1.807) is 0 Å². The van der Waals surface area contributed by atoms with Crippen LogP contribution in [0.5, 0.6) is 11.8 Å². The fourth-order valence-corrected chi connectivity index (χ4v) is 2.67. The predicted octanol–water partition coefficient (Wildman–Crippen LogP) is 2.60. The first kappa shape index (κ1) is 20.9. The van der Waals surface area contributed by atoms with Crippen LogP contribution in [-0.4, -0.2) is 35.9 Å². The normalized spacial score (nSPS) is 10.4. The number of nitrogens with one attached hydrogen (secondary N) is 2. The number of anilines is 1. The number of benzene rings is 2. The number of nitrogens with zero attached hydrogens (tertiary/aromatic N) is 2. The van der Waals surface area contributed by atoms with Crippen molar-refractivity contribution in [2.75, 3.05) is 19.5 Å². The second-order valence-electron chi connectivity index (χ2n) is 5.67. The lowest BCUT2D eigenvalue weighted by Gasteiger charge is -2.12. The average Bonchev–Trinajstić information content (AvgIpc) is 3.08. The van der Waals surface area contributed by atoms with Crippen LogP contribution in [-0.2, 0) is 0 Å². The second kappa shape index (κ2) is 8.66. The van der Waals surface area contributed by atoms with Crippen LogP contribution >= 0.6 is 11.6 Å². The number of halogens is 2. The molecule has 0 fully saturated rings. The van der Waals surface area contributed by atoms with Gasteiger partial charge >= 0.3 is 17.9 Å². The van der Waals surface area contributed by atoms with Crippen molar-refractivity contribution in [1.82, 2.24) is 15.1 Å². The van der Waals surface area contributed by atoms with E-state index in [9.17, 15) is 18.8 Å². The highest BCUT2D eigenvalue weighted by atomic mass is 35.5. The number of carbonyl (C=O) groups excluding carboxylic acids is 2. The van der Waals surface area contributed by atoms with Crippen LogP contribution < -0.4 is 25.9 Å². The second-order valence-corrected chi connectivity index (χ2v) is 6.07. The average molecular weight is 437 g/mol. The van der Waals surface area contributed by atoms with Crippen molar-refractivity contribution in [3.63, 3.8) is 0 Å². The standard InChI is InChI=1S/C18H14ClFN4O6/c1-28-14-8-10(24-18(27)30-17(23-24)29-2)4-6-13(14)21-16(26)22-15(25)11-5-3-9(20)7-12(11)19/h3-8H,1-2H3,(H2,21,22,25,26). The summed E-state index contributed by atoms with van der Waals surface area (Å²) in [5.74, 6) is -2.05. The molecule has 3 rings (SSSR count). The van der Waals surface area contributed by atoms with Gasteiger partial charge in [0.1, 0.15) is 11.6 Å². The Morgan fingerprint density at radius 3 is 2.57 bits per heavy atom. The van der Waals surface area contributed by atoms with Crippen LogP contribution in [0.3, 0.4) is 0 Å². The van der Waals surface area contributed by atoms with Gasteiger partial charge in [0.25, 0.3) is 5.91 Å². The number of amides is 3. The van der Waals surface area contributed by atoms with Gasteiger partial charge in [-0.1, -0.05) is 16.7 Å². The maximum absolute atomic E-state index is 13.1. The molecule has 0 aliphatic heterocycles. The molecule has 156 valence electrons. The molecule has 0 atom stereocenters. The number of rotatable bonds is 5. The summed E-state index contributed by atoms with van der Waals surface area (Å²) in [6.07, 6.45) is -0.224. The van der Waals surface area contributed by atoms with Gasteiger partial charge in [-0.15, -0.1) is 0 Å². The maximum atomic E-state index is 13.1. The van der Waals surface area contributed by atoms with E-state index in [0.717, 1.165) is 22.9 Å². The highest BCUT2D eigenvalue weighted by Gasteiger charge is 2.17. The zero-order valence-electron chi connectivity index (χ0n) is 15.6. The van der Waals surface area contributed by atoms with Gasteiger partial charge in [-0.25, -0.2) is 14.0 Å². The minimum Gasteiger partial charge on any atom is -0.494 e. The van der Waals surface area contributed by atoms with E-state index >= 15 is 0 Å². The Kier molecular flexibility index (Phi) is 6.02. The predicted molar refractivity (Wildman–Crippen MR) is 103 cm³/mol. The van der Waals surface area contributed by atoms with Gasteiger partial charge in [0, 0.05) is 6.07 Å². The molecule has 0 saturated heterocycles. The summed E-state index contributed by atoms with van der Waals surface area (Å²) in [5.41, 5.74) is 0.402. The highest BCUT2D eigenvalue weighted by Crippen LogP contribution is 2.27. The van der Waals surface area contributed by atoms with Crippen LogP contribution in [0.2, 0.25) is 5.02 Å². The number of methoxy groups -OCH3 is 2. The number of hydrogen-bond acceptors (Lipinski definition) is 7. The molecule has 0 unspecified atom stereocenters. The van der Waals surface area contributed by atoms with Crippen molar-refractivity contribution >= 4 is 29.2 Å². The topological polar surface area (TPSA) is 125 Å². The first-order valence-electron chi connectivity index (χ1n) is 8.22. The molecule has 30 heavy (non-hydrogen) atoms. The molecule has 10 nitrogen and oxygen atoms in total. The number of urea groups is 1. The van der Waals surface area contributed by atoms with Crippen LogP contribution in [0, 0.1) is 5.82 Å². The van der Waals surface area contributed by atoms with Crippen molar-refractivity contribution in [2.45, 2.75) is 0 Å². The molecule has 2 N–H and O–H groups in total. The third-order valence-corrected chi connectivity index (χ3v) is 4.10. The summed E-state index contributed by atoms with van der Waals surface area (Å²) in [6.45, 7) is 0. The van der Waals surface area contributed by atoms with Crippen LogP contribution in [0.15, 0.2) is 45.6 Å². The Balaban J connectivity index is 1.77. The smallest absolute Gasteiger partial charge is 0.444 e. The fraction of sp³-hybridized carbons (Fsp3) is 0.111. The molecular weight excluding hydrogens is 423 g/mol. The summed E-state index contributed by atoms with van der Waals surface area (Å²) in [5, 5.41) is 8.19. The third kappa shape index (κ3) is 4.41. The fourth-order valence-electron chi connectivity index (χ4n) is 2.42. The molecule has 0 aliphatic rings. The summed E-state index contributed by atoms with van der Waals surface area (Å²) in [6, 6.07) is 6.57. The monoisotopic (exact) mass is 436 g/mol. The first-order valence-corrected chi connectivity index (χ1v) is 8.60. The van der Waals surface area contributed by atoms with Crippen molar-refractivity contribution < 1.29 is 27.9 Å². The van der Waals surface area contributed by atoms with Crippen LogP contribution in [0.1, 0.15) is 10.4 Å². The van der Waals surface area contributed by atoms with Crippen molar-refractivity contribution in [1.29, 1.82) is 0 Å². The Hall–Kier alpha value is -3.86. The van der Waals surface area contributed by atoms with E-state index < -0.39 is 23.5 Å². The van der Waals surface area contributed by atoms with E-state index in [-0.39, 0.29) is 33.8 Å². The van der Waals surface area contributed by atoms with Gasteiger partial charge in [0.2, 0.25) is 0 Å². The Bertz CT molecular complexity index is 1180. The molecule has 3 amide bonds. The quantitative estimate of drug-likeness (QED) is 0.629. The molecule has 0 radical (unpaired) electrons. The van der Waals surface area contributed by atoms with E-state index in [4.69, 9.17) is 25.5 Å². The number of imide groups is 1. The van der Waals surface area contributed by atoms with Gasteiger partial charge in [-0.3, -0.25) is 10.1 Å². The van der Waals surface area contributed by atoms with Crippen molar-refractivity contribution in [3.05, 3.63) is 63.4 Å². The lowest BCUT2D eigenvalue weighted by molar-refractivity contribution is 0.0967. The summed E-state index contributed by atoms with van der Waals surface area (Å²) in [4.78, 5) is 36.2. The molecule has 0 spiro atoms. The molecule has 3 aromatic rings. The molecule has 0 aliphatic carbocycles. The molecule has 0 saturated carbocycles. The molecule has 0 bridgehead atoms. The maximum Gasteiger partial charge on any atom is 0.444 e. The number of carbonyl (C=O) groups is 2. The van der Waals surface area contributed by atoms with Crippen LogP contribution in [0.4, 0.5) is 14.9 Å². The molecule has 1 aromatic heterocycles. The SMILES string of the molecule is COc1nn(-c2ccc(NC(=O)NC(=O)c3ccc(F)cc3Cl)c(OC)c2)c(=O)o1. The zero-order valence-corrected chi connectivity index (χ0v) is 16.3. The first-order chi connectivity index (χ1) is 14.3. The lowest BCUT2D eigenvalue weighted by Crippen LogP contribution is -2.34. The minimum atomic E-state index is -0.883.